The summed E-state index contributed by atoms with van der Waals surface area (Å²) >= 11 is 0. The summed E-state index contributed by atoms with van der Waals surface area (Å²) in [6.45, 7) is 11.1. The summed E-state index contributed by atoms with van der Waals surface area (Å²) in [4.78, 5) is 17.8. The van der Waals surface area contributed by atoms with E-state index in [-0.39, 0.29) is 17.6 Å². The second kappa shape index (κ2) is 11.8. The summed E-state index contributed by atoms with van der Waals surface area (Å²) in [7, 11) is 0. The topological polar surface area (TPSA) is 51.2 Å². The first-order valence-corrected chi connectivity index (χ1v) is 12.7. The van der Waals surface area contributed by atoms with Gasteiger partial charge in [-0.1, -0.05) is 32.0 Å². The molecule has 2 aromatic carbocycles. The number of benzene rings is 2. The second-order valence-corrected chi connectivity index (χ2v) is 9.83. The van der Waals surface area contributed by atoms with Gasteiger partial charge in [0.05, 0.1) is 25.7 Å². The molecular weight excluding hydrogens is 447 g/mol. The van der Waals surface area contributed by atoms with E-state index in [9.17, 15) is 9.18 Å². The number of hydrogen-bond donors (Lipinski definition) is 0. The van der Waals surface area contributed by atoms with Crippen molar-refractivity contribution >= 4 is 5.91 Å². The summed E-state index contributed by atoms with van der Waals surface area (Å²) < 4.78 is 31.7. The minimum Gasteiger partial charge on any atom is -0.494 e. The number of rotatable bonds is 9. The van der Waals surface area contributed by atoms with E-state index in [4.69, 9.17) is 14.2 Å². The zero-order chi connectivity index (χ0) is 24.8. The molecule has 0 N–H and O–H groups in total. The van der Waals surface area contributed by atoms with Crippen LogP contribution in [0.4, 0.5) is 4.39 Å². The zero-order valence-electron chi connectivity index (χ0n) is 21.1. The number of likely N-dealkylation sites (tertiary alicyclic amines) is 1. The number of para-hydroxylation sites is 1. The average molecular weight is 485 g/mol. The van der Waals surface area contributed by atoms with E-state index in [0.717, 1.165) is 36.4 Å². The van der Waals surface area contributed by atoms with Crippen molar-refractivity contribution in [2.75, 3.05) is 39.5 Å². The van der Waals surface area contributed by atoms with Crippen molar-refractivity contribution in [3.8, 4) is 17.2 Å². The fraction of sp³-hybridized carbons (Fsp3) is 0.536. The highest BCUT2D eigenvalue weighted by molar-refractivity contribution is 5.79. The molecule has 0 aromatic heterocycles. The fourth-order valence-electron chi connectivity index (χ4n) is 4.88. The second-order valence-electron chi connectivity index (χ2n) is 9.83. The third-order valence-corrected chi connectivity index (χ3v) is 6.42. The van der Waals surface area contributed by atoms with E-state index in [0.29, 0.717) is 57.5 Å². The predicted molar refractivity (Wildman–Crippen MR) is 133 cm³/mol. The third-order valence-electron chi connectivity index (χ3n) is 6.42. The smallest absolute Gasteiger partial charge is 0.227 e. The van der Waals surface area contributed by atoms with Crippen LogP contribution in [0.2, 0.25) is 0 Å². The molecule has 0 unspecified atom stereocenters. The van der Waals surface area contributed by atoms with Crippen LogP contribution in [0.1, 0.15) is 44.7 Å². The van der Waals surface area contributed by atoms with Crippen molar-refractivity contribution in [3.05, 3.63) is 53.3 Å². The van der Waals surface area contributed by atoms with E-state index in [1.807, 2.05) is 36.1 Å². The number of amides is 1. The van der Waals surface area contributed by atoms with E-state index in [1.54, 1.807) is 0 Å². The SMILES string of the molecule is CCOc1ccccc1CN1CC[C@@H](C(=O)N(Cc2cc(F)c3c(c2)OCCCO3)CC(C)C)C1. The Morgan fingerprint density at radius 1 is 1.23 bits per heavy atom. The number of halogens is 1. The maximum Gasteiger partial charge on any atom is 0.227 e. The van der Waals surface area contributed by atoms with Crippen molar-refractivity contribution in [3.63, 3.8) is 0 Å². The Kier molecular flexibility index (Phi) is 8.50. The molecule has 2 aromatic rings. The monoisotopic (exact) mass is 484 g/mol. The molecule has 1 fully saturated rings. The van der Waals surface area contributed by atoms with Crippen LogP contribution >= 0.6 is 0 Å². The van der Waals surface area contributed by atoms with Crippen molar-refractivity contribution in [1.29, 1.82) is 0 Å². The maximum absolute atomic E-state index is 14.7. The van der Waals surface area contributed by atoms with E-state index >= 15 is 0 Å². The van der Waals surface area contributed by atoms with Crippen LogP contribution in [0.15, 0.2) is 36.4 Å². The molecule has 2 aliphatic rings. The minimum absolute atomic E-state index is 0.0711. The molecule has 2 heterocycles. The molecule has 1 atom stereocenters. The number of carbonyl (C=O) groups excluding carboxylic acids is 1. The van der Waals surface area contributed by atoms with Gasteiger partial charge in [0, 0.05) is 38.2 Å². The molecule has 1 saturated heterocycles. The Bertz CT molecular complexity index is 1010. The summed E-state index contributed by atoms with van der Waals surface area (Å²) in [5, 5.41) is 0. The summed E-state index contributed by atoms with van der Waals surface area (Å²) in [5.41, 5.74) is 1.87. The van der Waals surface area contributed by atoms with E-state index < -0.39 is 5.82 Å². The van der Waals surface area contributed by atoms with Crippen LogP contribution in [0, 0.1) is 17.7 Å². The Hall–Kier alpha value is -2.80. The molecule has 2 aliphatic heterocycles. The molecular formula is C28H37FN2O4. The van der Waals surface area contributed by atoms with Crippen molar-refractivity contribution < 1.29 is 23.4 Å². The van der Waals surface area contributed by atoms with Crippen molar-refractivity contribution in [2.24, 2.45) is 11.8 Å². The molecule has 4 rings (SSSR count). The lowest BCUT2D eigenvalue weighted by atomic mass is 10.0. The fourth-order valence-corrected chi connectivity index (χ4v) is 4.88. The van der Waals surface area contributed by atoms with Gasteiger partial charge in [0.2, 0.25) is 5.91 Å². The van der Waals surface area contributed by atoms with Gasteiger partial charge >= 0.3 is 0 Å². The first-order valence-electron chi connectivity index (χ1n) is 12.7. The predicted octanol–water partition coefficient (Wildman–Crippen LogP) is 4.89. The Balaban J connectivity index is 1.44. The molecule has 0 aliphatic carbocycles. The summed E-state index contributed by atoms with van der Waals surface area (Å²) in [6, 6.07) is 11.4. The van der Waals surface area contributed by atoms with Gasteiger partial charge < -0.3 is 19.1 Å². The van der Waals surface area contributed by atoms with E-state index in [2.05, 4.69) is 24.8 Å². The highest BCUT2D eigenvalue weighted by Gasteiger charge is 2.32. The van der Waals surface area contributed by atoms with Gasteiger partial charge in [0.25, 0.3) is 0 Å². The summed E-state index contributed by atoms with van der Waals surface area (Å²) in [6.07, 6.45) is 1.54. The van der Waals surface area contributed by atoms with Crippen LogP contribution in [-0.4, -0.2) is 55.2 Å². The lowest BCUT2D eigenvalue weighted by molar-refractivity contribution is -0.136. The lowest BCUT2D eigenvalue weighted by Crippen LogP contribution is -2.39. The van der Waals surface area contributed by atoms with Gasteiger partial charge in [0.1, 0.15) is 5.75 Å². The quantitative estimate of drug-likeness (QED) is 0.507. The molecule has 190 valence electrons. The highest BCUT2D eigenvalue weighted by atomic mass is 19.1. The van der Waals surface area contributed by atoms with Crippen molar-refractivity contribution in [2.45, 2.75) is 46.7 Å². The van der Waals surface area contributed by atoms with Gasteiger partial charge in [-0.2, -0.15) is 0 Å². The van der Waals surface area contributed by atoms with Gasteiger partial charge in [-0.3, -0.25) is 9.69 Å². The highest BCUT2D eigenvalue weighted by Crippen LogP contribution is 2.34. The Morgan fingerprint density at radius 3 is 2.83 bits per heavy atom. The van der Waals surface area contributed by atoms with Crippen LogP contribution in [0.5, 0.6) is 17.2 Å². The van der Waals surface area contributed by atoms with Crippen LogP contribution in [0.25, 0.3) is 0 Å². The summed E-state index contributed by atoms with van der Waals surface area (Å²) in [5.74, 6) is 1.44. The first kappa shape index (κ1) is 25.3. The standard InChI is InChI=1S/C28H37FN2O4/c1-4-33-25-9-6-5-8-22(25)18-30-11-10-23(19-30)28(32)31(16-20(2)3)17-21-14-24(29)27-26(15-21)34-12-7-13-35-27/h5-6,8-9,14-15,20,23H,4,7,10-13,16-19H2,1-3H3/t23-/m1/s1. The largest absolute Gasteiger partial charge is 0.494 e. The van der Waals surface area contributed by atoms with E-state index in [1.165, 1.54) is 6.07 Å². The van der Waals surface area contributed by atoms with Crippen LogP contribution in [0.3, 0.4) is 0 Å². The normalized spacial score (nSPS) is 17.9. The van der Waals surface area contributed by atoms with Gasteiger partial charge in [0.15, 0.2) is 17.3 Å². The first-order chi connectivity index (χ1) is 16.9. The van der Waals surface area contributed by atoms with Crippen LogP contribution in [-0.2, 0) is 17.9 Å². The van der Waals surface area contributed by atoms with Crippen LogP contribution < -0.4 is 14.2 Å². The maximum atomic E-state index is 14.7. The van der Waals surface area contributed by atoms with Gasteiger partial charge in [-0.15, -0.1) is 0 Å². The van der Waals surface area contributed by atoms with Gasteiger partial charge in [-0.25, -0.2) is 4.39 Å². The Labute approximate surface area is 208 Å². The molecule has 0 radical (unpaired) electrons. The molecule has 7 heteroatoms. The molecule has 0 bridgehead atoms. The molecule has 35 heavy (non-hydrogen) atoms. The zero-order valence-corrected chi connectivity index (χ0v) is 21.1. The average Bonchev–Trinajstić information content (AvgIpc) is 3.15. The number of nitrogens with zero attached hydrogens (tertiary/aromatic N) is 2. The molecule has 0 spiro atoms. The lowest BCUT2D eigenvalue weighted by Gasteiger charge is -2.28. The third kappa shape index (κ3) is 6.45. The van der Waals surface area contributed by atoms with Crippen molar-refractivity contribution in [1.82, 2.24) is 9.80 Å². The number of fused-ring (bicyclic) bond motifs is 1. The number of hydrogen-bond acceptors (Lipinski definition) is 5. The molecule has 6 nitrogen and oxygen atoms in total. The molecule has 0 saturated carbocycles. The number of carbonyl (C=O) groups is 1. The number of ether oxygens (including phenoxy) is 3. The Morgan fingerprint density at radius 2 is 2.03 bits per heavy atom. The minimum atomic E-state index is -0.434. The van der Waals surface area contributed by atoms with Gasteiger partial charge in [-0.05, 0) is 49.6 Å². The molecule has 1 amide bonds.